The molecule has 6 rings (SSSR count). The topological polar surface area (TPSA) is 21.6 Å². The fourth-order valence-electron chi connectivity index (χ4n) is 3.55. The number of nitrogens with zero attached hydrogens (tertiary/aromatic N) is 1. The second kappa shape index (κ2) is 4.82. The largest absolute Gasteiger partial charge is 0.479 e. The van der Waals surface area contributed by atoms with Gasteiger partial charge in [-0.15, -0.1) is 0 Å². The Morgan fingerprint density at radius 2 is 1.30 bits per heavy atom. The first-order valence-electron chi connectivity index (χ1n) is 7.89. The van der Waals surface area contributed by atoms with Gasteiger partial charge in [-0.25, -0.2) is 0 Å². The molecule has 0 N–H and O–H groups in total. The molecule has 0 aliphatic carbocycles. The van der Waals surface area contributed by atoms with E-state index in [-0.39, 0.29) is 12.1 Å². The molecule has 2 bridgehead atoms. The summed E-state index contributed by atoms with van der Waals surface area (Å²) >= 11 is 0. The number of hydrogen-bond acceptors (Lipinski definition) is 2. The van der Waals surface area contributed by atoms with Crippen LogP contribution >= 0.6 is 0 Å². The zero-order chi connectivity index (χ0) is 15.2. The van der Waals surface area contributed by atoms with Crippen LogP contribution in [0, 0.1) is 0 Å². The number of ether oxygens (including phenoxy) is 1. The van der Waals surface area contributed by atoms with E-state index in [1.54, 1.807) is 0 Å². The lowest BCUT2D eigenvalue weighted by atomic mass is 9.87. The Kier molecular flexibility index (Phi) is 2.65. The van der Waals surface area contributed by atoms with Crippen molar-refractivity contribution in [3.8, 4) is 5.75 Å². The summed E-state index contributed by atoms with van der Waals surface area (Å²) in [6, 6.07) is 27.1. The zero-order valence-corrected chi connectivity index (χ0v) is 12.5. The van der Waals surface area contributed by atoms with Crippen molar-refractivity contribution in [3.05, 3.63) is 101 Å². The summed E-state index contributed by atoms with van der Waals surface area (Å²) in [6.45, 7) is 0. The predicted octanol–water partition coefficient (Wildman–Crippen LogP) is 4.71. The molecule has 2 nitrogen and oxygen atoms in total. The second-order valence-corrected chi connectivity index (χ2v) is 5.95. The first kappa shape index (κ1) is 12.7. The molecule has 0 aromatic heterocycles. The highest BCUT2D eigenvalue weighted by Crippen LogP contribution is 2.46. The minimum Gasteiger partial charge on any atom is -0.479 e. The van der Waals surface area contributed by atoms with Gasteiger partial charge in [0.25, 0.3) is 0 Å². The molecule has 0 saturated heterocycles. The maximum atomic E-state index is 6.41. The van der Waals surface area contributed by atoms with Crippen LogP contribution in [0.25, 0.3) is 0 Å². The quantitative estimate of drug-likeness (QED) is 0.637. The molecule has 2 heteroatoms. The minimum absolute atomic E-state index is 0.0105. The lowest BCUT2D eigenvalue weighted by Gasteiger charge is -2.26. The molecule has 3 aromatic rings. The highest BCUT2D eigenvalue weighted by atomic mass is 16.5. The fourth-order valence-corrected chi connectivity index (χ4v) is 3.55. The standard InChI is InChI=1S/C21H15NO/c1-2-8-14(9-3-1)19-21-16-11-5-4-10-15(16)20(22-19)17-12-6-7-13-18(17)23-21/h1-13,20-21H. The molecule has 0 saturated carbocycles. The Morgan fingerprint density at radius 1 is 0.652 bits per heavy atom. The monoisotopic (exact) mass is 297 g/mol. The van der Waals surface area contributed by atoms with Gasteiger partial charge in [-0.05, 0) is 17.2 Å². The average Bonchev–Trinajstić information content (AvgIpc) is 2.88. The average molecular weight is 297 g/mol. The maximum Gasteiger partial charge on any atom is 0.166 e. The molecule has 2 unspecified atom stereocenters. The molecule has 3 aromatic carbocycles. The molecule has 2 atom stereocenters. The van der Waals surface area contributed by atoms with Gasteiger partial charge >= 0.3 is 0 Å². The van der Waals surface area contributed by atoms with Crippen LogP contribution in [0.3, 0.4) is 0 Å². The first-order valence-corrected chi connectivity index (χ1v) is 7.89. The van der Waals surface area contributed by atoms with Gasteiger partial charge in [0.1, 0.15) is 11.8 Å². The first-order chi connectivity index (χ1) is 11.4. The Labute approximate surface area is 135 Å². The second-order valence-electron chi connectivity index (χ2n) is 5.95. The smallest absolute Gasteiger partial charge is 0.166 e. The van der Waals surface area contributed by atoms with Gasteiger partial charge in [0.2, 0.25) is 0 Å². The predicted molar refractivity (Wildman–Crippen MR) is 91.1 cm³/mol. The van der Waals surface area contributed by atoms with Gasteiger partial charge in [-0.2, -0.15) is 0 Å². The number of para-hydroxylation sites is 1. The van der Waals surface area contributed by atoms with E-state index in [2.05, 4.69) is 60.7 Å². The summed E-state index contributed by atoms with van der Waals surface area (Å²) in [5, 5.41) is 0. The Balaban J connectivity index is 1.78. The molecule has 0 amide bonds. The molecule has 0 radical (unpaired) electrons. The Hall–Kier alpha value is -2.87. The van der Waals surface area contributed by atoms with Gasteiger partial charge in [-0.3, -0.25) is 4.99 Å². The summed E-state index contributed by atoms with van der Waals surface area (Å²) in [5.41, 5.74) is 5.77. The van der Waals surface area contributed by atoms with Crippen molar-refractivity contribution in [3.63, 3.8) is 0 Å². The molecule has 110 valence electrons. The van der Waals surface area contributed by atoms with Crippen molar-refractivity contribution >= 4 is 5.71 Å². The molecular weight excluding hydrogens is 282 g/mol. The van der Waals surface area contributed by atoms with E-state index in [0.717, 1.165) is 22.6 Å². The van der Waals surface area contributed by atoms with E-state index in [1.807, 2.05) is 18.2 Å². The third-order valence-electron chi connectivity index (χ3n) is 4.62. The summed E-state index contributed by atoms with van der Waals surface area (Å²) in [6.07, 6.45) is -0.145. The summed E-state index contributed by atoms with van der Waals surface area (Å²) in [5.74, 6) is 0.938. The Bertz CT molecular complexity index is 903. The van der Waals surface area contributed by atoms with Crippen LogP contribution in [0.4, 0.5) is 0 Å². The van der Waals surface area contributed by atoms with Crippen LogP contribution in [0.2, 0.25) is 0 Å². The molecule has 3 aliphatic rings. The van der Waals surface area contributed by atoms with Crippen molar-refractivity contribution in [2.45, 2.75) is 12.1 Å². The van der Waals surface area contributed by atoms with Crippen LogP contribution < -0.4 is 4.74 Å². The maximum absolute atomic E-state index is 6.41. The zero-order valence-electron chi connectivity index (χ0n) is 12.5. The summed E-state index contributed by atoms with van der Waals surface area (Å²) in [4.78, 5) is 5.09. The van der Waals surface area contributed by atoms with Crippen LogP contribution in [-0.2, 0) is 0 Å². The highest BCUT2D eigenvalue weighted by Gasteiger charge is 2.37. The normalized spacial score (nSPS) is 20.8. The van der Waals surface area contributed by atoms with E-state index < -0.39 is 0 Å². The van der Waals surface area contributed by atoms with E-state index in [4.69, 9.17) is 9.73 Å². The van der Waals surface area contributed by atoms with Crippen molar-refractivity contribution < 1.29 is 4.74 Å². The number of benzene rings is 3. The highest BCUT2D eigenvalue weighted by molar-refractivity contribution is 6.06. The summed E-state index contributed by atoms with van der Waals surface area (Å²) < 4.78 is 6.41. The van der Waals surface area contributed by atoms with E-state index in [1.165, 1.54) is 11.1 Å². The lowest BCUT2D eigenvalue weighted by Crippen LogP contribution is -2.23. The van der Waals surface area contributed by atoms with Gasteiger partial charge in [0.05, 0.1) is 5.71 Å². The van der Waals surface area contributed by atoms with Gasteiger partial charge in [0, 0.05) is 11.1 Å². The van der Waals surface area contributed by atoms with Gasteiger partial charge in [-0.1, -0.05) is 72.8 Å². The van der Waals surface area contributed by atoms with Gasteiger partial charge in [0.15, 0.2) is 6.10 Å². The van der Waals surface area contributed by atoms with E-state index in [0.29, 0.717) is 0 Å². The van der Waals surface area contributed by atoms with Gasteiger partial charge < -0.3 is 4.74 Å². The number of aliphatic imine (C=N–C) groups is 1. The molecule has 23 heavy (non-hydrogen) atoms. The molecule has 3 heterocycles. The molecule has 0 fully saturated rings. The Morgan fingerprint density at radius 3 is 2.13 bits per heavy atom. The van der Waals surface area contributed by atoms with Crippen molar-refractivity contribution in [1.29, 1.82) is 0 Å². The fraction of sp³-hybridized carbons (Fsp3) is 0.0952. The van der Waals surface area contributed by atoms with Crippen molar-refractivity contribution in [2.24, 2.45) is 4.99 Å². The van der Waals surface area contributed by atoms with Crippen molar-refractivity contribution in [2.75, 3.05) is 0 Å². The SMILES string of the molecule is c1ccc(C2=NC3c4ccccc4OC2c2ccccc23)cc1. The molecule has 3 aliphatic heterocycles. The van der Waals surface area contributed by atoms with E-state index in [9.17, 15) is 0 Å². The van der Waals surface area contributed by atoms with Crippen molar-refractivity contribution in [1.82, 2.24) is 0 Å². The third-order valence-corrected chi connectivity index (χ3v) is 4.62. The minimum atomic E-state index is -0.145. The van der Waals surface area contributed by atoms with E-state index >= 15 is 0 Å². The molecular formula is C21H15NO. The number of hydrogen-bond donors (Lipinski definition) is 0. The van der Waals surface area contributed by atoms with Crippen LogP contribution in [0.1, 0.15) is 34.4 Å². The molecule has 0 spiro atoms. The summed E-state index contributed by atoms with van der Waals surface area (Å²) in [7, 11) is 0. The van der Waals surface area contributed by atoms with Crippen LogP contribution in [0.5, 0.6) is 5.75 Å². The third kappa shape index (κ3) is 1.85. The number of rotatable bonds is 1. The van der Waals surface area contributed by atoms with Crippen LogP contribution in [0.15, 0.2) is 83.9 Å². The lowest BCUT2D eigenvalue weighted by molar-refractivity contribution is 0.275. The van der Waals surface area contributed by atoms with Crippen LogP contribution in [-0.4, -0.2) is 5.71 Å².